The third kappa shape index (κ3) is 3.20. The molecular formula is C12H15BrFNO4S. The number of hydrogen-bond donors (Lipinski definition) is 2. The number of ether oxygens (including phenoxy) is 1. The normalized spacial score (nSPS) is 22.6. The molecule has 1 fully saturated rings. The Morgan fingerprint density at radius 2 is 2.15 bits per heavy atom. The summed E-state index contributed by atoms with van der Waals surface area (Å²) in [4.78, 5) is -0.461. The predicted octanol–water partition coefficient (Wildman–Crippen LogP) is 1.54. The molecule has 5 nitrogen and oxygen atoms in total. The summed E-state index contributed by atoms with van der Waals surface area (Å²) in [7, 11) is -2.39. The average molecular weight is 368 g/mol. The summed E-state index contributed by atoms with van der Waals surface area (Å²) in [5.74, 6) is -0.925. The lowest BCUT2D eigenvalue weighted by Crippen LogP contribution is -2.47. The molecule has 2 N–H and O–H groups in total. The number of aliphatic hydroxyl groups excluding tert-OH is 1. The predicted molar refractivity (Wildman–Crippen MR) is 74.2 cm³/mol. The van der Waals surface area contributed by atoms with Crippen LogP contribution in [0.25, 0.3) is 0 Å². The summed E-state index contributed by atoms with van der Waals surface area (Å²) in [6, 6.07) is 2.28. The molecule has 0 unspecified atom stereocenters. The van der Waals surface area contributed by atoms with Crippen LogP contribution in [0, 0.1) is 5.82 Å². The van der Waals surface area contributed by atoms with Gasteiger partial charge in [0.25, 0.3) is 0 Å². The minimum atomic E-state index is -3.96. The van der Waals surface area contributed by atoms with E-state index < -0.39 is 27.3 Å². The van der Waals surface area contributed by atoms with E-state index in [0.29, 0.717) is 17.3 Å². The van der Waals surface area contributed by atoms with Crippen molar-refractivity contribution in [1.29, 1.82) is 0 Å². The van der Waals surface area contributed by atoms with Gasteiger partial charge in [-0.1, -0.05) is 15.9 Å². The molecule has 0 atom stereocenters. The fraction of sp³-hybridized carbons (Fsp3) is 0.500. The van der Waals surface area contributed by atoms with Gasteiger partial charge in [-0.15, -0.1) is 0 Å². The highest BCUT2D eigenvalue weighted by atomic mass is 79.9. The first-order valence-corrected chi connectivity index (χ1v) is 8.29. The first kappa shape index (κ1) is 15.8. The molecule has 2 rings (SSSR count). The molecule has 0 bridgehead atoms. The summed E-state index contributed by atoms with van der Waals surface area (Å²) in [5, 5.41) is 9.05. The second-order valence-electron chi connectivity index (χ2n) is 4.68. The zero-order valence-electron chi connectivity index (χ0n) is 10.8. The van der Waals surface area contributed by atoms with Crippen molar-refractivity contribution in [2.45, 2.75) is 36.5 Å². The molecule has 1 aromatic rings. The molecule has 0 amide bonds. The highest BCUT2D eigenvalue weighted by Gasteiger charge is 2.34. The second-order valence-corrected chi connectivity index (χ2v) is 7.28. The summed E-state index contributed by atoms with van der Waals surface area (Å²) in [6.45, 7) is -0.566. The molecule has 0 radical (unpaired) electrons. The molecule has 0 spiro atoms. The summed E-state index contributed by atoms with van der Waals surface area (Å²) in [5.41, 5.74) is -0.0665. The van der Waals surface area contributed by atoms with Gasteiger partial charge in [0, 0.05) is 23.2 Å². The van der Waals surface area contributed by atoms with Crippen LogP contribution in [-0.4, -0.2) is 32.8 Å². The van der Waals surface area contributed by atoms with Gasteiger partial charge >= 0.3 is 0 Å². The molecule has 112 valence electrons. The molecule has 0 aliphatic heterocycles. The van der Waals surface area contributed by atoms with Crippen LogP contribution in [0.15, 0.2) is 21.5 Å². The Hall–Kier alpha value is -0.540. The topological polar surface area (TPSA) is 75.6 Å². The van der Waals surface area contributed by atoms with E-state index in [0.717, 1.165) is 0 Å². The first-order valence-electron chi connectivity index (χ1n) is 6.01. The Bertz CT molecular complexity index is 602. The van der Waals surface area contributed by atoms with E-state index in [1.54, 1.807) is 7.11 Å². The fourth-order valence-corrected chi connectivity index (χ4v) is 4.13. The number of rotatable bonds is 5. The van der Waals surface area contributed by atoms with E-state index in [-0.39, 0.29) is 17.7 Å². The van der Waals surface area contributed by atoms with Crippen molar-refractivity contribution in [2.24, 2.45) is 0 Å². The van der Waals surface area contributed by atoms with Gasteiger partial charge in [0.1, 0.15) is 10.7 Å². The molecule has 0 aromatic heterocycles. The van der Waals surface area contributed by atoms with Crippen LogP contribution in [-0.2, 0) is 21.4 Å². The Morgan fingerprint density at radius 1 is 1.50 bits per heavy atom. The lowest BCUT2D eigenvalue weighted by atomic mass is 9.90. The van der Waals surface area contributed by atoms with Crippen LogP contribution < -0.4 is 4.72 Å². The molecule has 8 heteroatoms. The van der Waals surface area contributed by atoms with Gasteiger partial charge < -0.3 is 9.84 Å². The minimum Gasteiger partial charge on any atom is -0.392 e. The number of aliphatic hydroxyl groups is 1. The number of hydrogen-bond acceptors (Lipinski definition) is 4. The van der Waals surface area contributed by atoms with Crippen LogP contribution >= 0.6 is 15.9 Å². The summed E-state index contributed by atoms with van der Waals surface area (Å²) < 4.78 is 46.3. The molecule has 1 saturated carbocycles. The minimum absolute atomic E-state index is 0.0445. The lowest BCUT2D eigenvalue weighted by molar-refractivity contribution is 0.0236. The van der Waals surface area contributed by atoms with Crippen molar-refractivity contribution in [2.75, 3.05) is 7.11 Å². The van der Waals surface area contributed by atoms with Crippen molar-refractivity contribution < 1.29 is 22.7 Å². The van der Waals surface area contributed by atoms with E-state index in [2.05, 4.69) is 20.7 Å². The van der Waals surface area contributed by atoms with Crippen molar-refractivity contribution >= 4 is 26.0 Å². The van der Waals surface area contributed by atoms with Crippen LogP contribution in [0.1, 0.15) is 18.4 Å². The van der Waals surface area contributed by atoms with E-state index >= 15 is 0 Å². The van der Waals surface area contributed by atoms with Gasteiger partial charge in [-0.25, -0.2) is 17.5 Å². The Kier molecular flexibility index (Phi) is 4.80. The Morgan fingerprint density at radius 3 is 2.70 bits per heavy atom. The number of benzene rings is 1. The quantitative estimate of drug-likeness (QED) is 0.827. The van der Waals surface area contributed by atoms with Crippen molar-refractivity contribution in [3.05, 3.63) is 28.0 Å². The van der Waals surface area contributed by atoms with Gasteiger partial charge in [0.05, 0.1) is 12.7 Å². The largest absolute Gasteiger partial charge is 0.392 e. The van der Waals surface area contributed by atoms with Crippen LogP contribution in [0.4, 0.5) is 4.39 Å². The maximum atomic E-state index is 14.0. The van der Waals surface area contributed by atoms with Gasteiger partial charge in [-0.3, -0.25) is 0 Å². The highest BCUT2D eigenvalue weighted by Crippen LogP contribution is 2.27. The van der Waals surface area contributed by atoms with Crippen LogP contribution in [0.5, 0.6) is 0 Å². The van der Waals surface area contributed by atoms with E-state index in [9.17, 15) is 12.8 Å². The summed E-state index contributed by atoms with van der Waals surface area (Å²) in [6.07, 6.45) is 1.18. The second kappa shape index (κ2) is 6.07. The number of halogens is 2. The van der Waals surface area contributed by atoms with E-state index in [1.165, 1.54) is 12.1 Å². The van der Waals surface area contributed by atoms with Gasteiger partial charge in [0.2, 0.25) is 10.0 Å². The molecule has 1 aliphatic carbocycles. The zero-order chi connectivity index (χ0) is 14.9. The molecule has 1 aliphatic rings. The van der Waals surface area contributed by atoms with Crippen molar-refractivity contribution in [3.8, 4) is 0 Å². The fourth-order valence-electron chi connectivity index (χ4n) is 2.07. The standard InChI is InChI=1S/C12H15BrFNO4S/c1-19-10-4-9(5-10)15-20(17,18)11-3-8(13)2-7(6-16)12(11)14/h2-3,9-10,15-16H,4-6H2,1H3. The maximum Gasteiger partial charge on any atom is 0.243 e. The number of nitrogens with one attached hydrogen (secondary N) is 1. The maximum absolute atomic E-state index is 14.0. The molecule has 1 aromatic carbocycles. The van der Waals surface area contributed by atoms with E-state index in [4.69, 9.17) is 9.84 Å². The van der Waals surface area contributed by atoms with Crippen LogP contribution in [0.3, 0.4) is 0 Å². The molecule has 0 heterocycles. The first-order chi connectivity index (χ1) is 9.37. The van der Waals surface area contributed by atoms with Gasteiger partial charge in [0.15, 0.2) is 0 Å². The molecule has 0 saturated heterocycles. The average Bonchev–Trinajstić information content (AvgIpc) is 2.35. The third-order valence-electron chi connectivity index (χ3n) is 3.29. The van der Waals surface area contributed by atoms with Gasteiger partial charge in [-0.05, 0) is 25.0 Å². The van der Waals surface area contributed by atoms with Crippen molar-refractivity contribution in [3.63, 3.8) is 0 Å². The van der Waals surface area contributed by atoms with Crippen LogP contribution in [0.2, 0.25) is 0 Å². The monoisotopic (exact) mass is 367 g/mol. The SMILES string of the molecule is COC1CC(NS(=O)(=O)c2cc(Br)cc(CO)c2F)C1. The Labute approximate surface area is 125 Å². The highest BCUT2D eigenvalue weighted by molar-refractivity contribution is 9.10. The molecular weight excluding hydrogens is 353 g/mol. The zero-order valence-corrected chi connectivity index (χ0v) is 13.2. The summed E-state index contributed by atoms with van der Waals surface area (Å²) >= 11 is 3.11. The Balaban J connectivity index is 2.24. The number of methoxy groups -OCH3 is 1. The number of sulfonamides is 1. The molecule has 20 heavy (non-hydrogen) atoms. The third-order valence-corrected chi connectivity index (χ3v) is 5.27. The lowest BCUT2D eigenvalue weighted by Gasteiger charge is -2.34. The van der Waals surface area contributed by atoms with Crippen molar-refractivity contribution in [1.82, 2.24) is 4.72 Å². The smallest absolute Gasteiger partial charge is 0.243 e. The van der Waals surface area contributed by atoms with Gasteiger partial charge in [-0.2, -0.15) is 0 Å². The van der Waals surface area contributed by atoms with E-state index in [1.807, 2.05) is 0 Å².